The van der Waals surface area contributed by atoms with Gasteiger partial charge in [-0.15, -0.1) is 0 Å². The summed E-state index contributed by atoms with van der Waals surface area (Å²) in [4.78, 5) is 14.6. The molecule has 37 heavy (non-hydrogen) atoms. The van der Waals surface area contributed by atoms with Crippen LogP contribution in [-0.4, -0.2) is 67.5 Å². The topological polar surface area (TPSA) is 76.2 Å². The fourth-order valence-corrected chi connectivity index (χ4v) is 5.98. The molecule has 1 aromatic heterocycles. The molecule has 4 rings (SSSR count). The van der Waals surface area contributed by atoms with Crippen LogP contribution in [0.5, 0.6) is 0 Å². The highest BCUT2D eigenvalue weighted by Crippen LogP contribution is 2.46. The number of nitrogens with one attached hydrogen (secondary N) is 1. The average Bonchev–Trinajstić information content (AvgIpc) is 3.23. The van der Waals surface area contributed by atoms with E-state index in [1.54, 1.807) is 25.9 Å². The molecule has 1 aromatic carbocycles. The molecule has 14 heteroatoms. The SMILES string of the molecule is CN1CC(Cl)=CC(Cl)=C1C(=O)Nc1ccc(F)c(C2(C)c3cc(C(F)(F)F)nn3CC(N)[N+]2(C)C=[Si])c1. The first-order valence-corrected chi connectivity index (χ1v) is 12.3. The maximum atomic E-state index is 15.5. The van der Waals surface area contributed by atoms with E-state index in [4.69, 9.17) is 28.9 Å². The van der Waals surface area contributed by atoms with Crippen LogP contribution in [-0.2, 0) is 23.1 Å². The fraction of sp³-hybridized carbons (Fsp3) is 0.348. The number of halogens is 6. The van der Waals surface area contributed by atoms with E-state index >= 15 is 4.39 Å². The Labute approximate surface area is 223 Å². The largest absolute Gasteiger partial charge is 0.435 e. The van der Waals surface area contributed by atoms with Gasteiger partial charge in [0.1, 0.15) is 33.6 Å². The van der Waals surface area contributed by atoms with Crippen LogP contribution in [0.2, 0.25) is 0 Å². The van der Waals surface area contributed by atoms with Crippen molar-refractivity contribution in [3.63, 3.8) is 0 Å². The highest BCUT2D eigenvalue weighted by Gasteiger charge is 2.57. The minimum Gasteiger partial charge on any atom is -0.364 e. The Hall–Kier alpha value is -2.51. The summed E-state index contributed by atoms with van der Waals surface area (Å²) in [7, 11) is 6.68. The van der Waals surface area contributed by atoms with Crippen LogP contribution in [0.25, 0.3) is 0 Å². The summed E-state index contributed by atoms with van der Waals surface area (Å²) in [6.07, 6.45) is -4.03. The number of benzene rings is 1. The summed E-state index contributed by atoms with van der Waals surface area (Å²) in [5, 5.41) is 6.99. The predicted octanol–water partition coefficient (Wildman–Crippen LogP) is 3.43. The number of hydrogen-bond acceptors (Lipinski definition) is 4. The molecule has 2 aromatic rings. The third kappa shape index (κ3) is 4.44. The Morgan fingerprint density at radius 1 is 1.35 bits per heavy atom. The van der Waals surface area contributed by atoms with E-state index in [1.165, 1.54) is 24.0 Å². The van der Waals surface area contributed by atoms with Crippen molar-refractivity contribution in [1.82, 2.24) is 14.7 Å². The Morgan fingerprint density at radius 3 is 2.62 bits per heavy atom. The molecular weight excluding hydrogens is 551 g/mol. The lowest BCUT2D eigenvalue weighted by molar-refractivity contribution is -0.898. The second kappa shape index (κ2) is 9.35. The number of alkyl halides is 3. The van der Waals surface area contributed by atoms with Gasteiger partial charge < -0.3 is 10.2 Å². The Kier molecular flexibility index (Phi) is 6.95. The first-order chi connectivity index (χ1) is 17.1. The van der Waals surface area contributed by atoms with E-state index in [0.717, 1.165) is 16.8 Å². The van der Waals surface area contributed by atoms with E-state index in [9.17, 15) is 18.0 Å². The van der Waals surface area contributed by atoms with E-state index in [2.05, 4.69) is 20.3 Å². The maximum absolute atomic E-state index is 15.5. The smallest absolute Gasteiger partial charge is 0.364 e. The molecule has 2 aliphatic heterocycles. The minimum atomic E-state index is -4.71. The number of carbonyl (C=O) groups is 1. The molecule has 0 saturated carbocycles. The molecular formula is C23H23Cl2F4N6OSi+. The van der Waals surface area contributed by atoms with Crippen LogP contribution in [0.4, 0.5) is 23.2 Å². The number of quaternary nitrogens is 1. The van der Waals surface area contributed by atoms with Crippen molar-refractivity contribution in [2.75, 3.05) is 26.0 Å². The van der Waals surface area contributed by atoms with E-state index < -0.39 is 35.3 Å². The molecule has 2 aliphatic rings. The molecule has 0 spiro atoms. The van der Waals surface area contributed by atoms with Crippen molar-refractivity contribution in [3.05, 3.63) is 68.9 Å². The number of fused-ring (bicyclic) bond motifs is 1. The average molecular weight is 574 g/mol. The van der Waals surface area contributed by atoms with Gasteiger partial charge in [0.05, 0.1) is 30.0 Å². The number of likely N-dealkylation sites (N-methyl/N-ethyl adjacent to an activating group) is 2. The summed E-state index contributed by atoms with van der Waals surface area (Å²) >= 11 is 12.3. The number of nitrogens with zero attached hydrogens (tertiary/aromatic N) is 4. The molecule has 3 N–H and O–H groups in total. The number of nitrogens with two attached hydrogens (primary N) is 1. The molecule has 3 heterocycles. The van der Waals surface area contributed by atoms with Gasteiger partial charge in [0, 0.05) is 24.7 Å². The minimum absolute atomic E-state index is 0.00680. The lowest BCUT2D eigenvalue weighted by Gasteiger charge is -2.53. The molecule has 196 valence electrons. The quantitative estimate of drug-likeness (QED) is 0.334. The zero-order valence-electron chi connectivity index (χ0n) is 20.0. The lowest BCUT2D eigenvalue weighted by atomic mass is 9.82. The molecule has 1 amide bonds. The second-order valence-corrected chi connectivity index (χ2v) is 10.5. The number of anilines is 1. The van der Waals surface area contributed by atoms with Gasteiger partial charge in [0.15, 0.2) is 17.4 Å². The number of carbonyl (C=O) groups excluding carboxylic acids is 1. The van der Waals surface area contributed by atoms with E-state index in [0.29, 0.717) is 5.03 Å². The van der Waals surface area contributed by atoms with Crippen LogP contribution in [0.3, 0.4) is 0 Å². The normalized spacial score (nSPS) is 26.1. The Balaban J connectivity index is 1.85. The number of amides is 1. The molecule has 3 unspecified atom stereocenters. The Morgan fingerprint density at radius 2 is 2.03 bits per heavy atom. The van der Waals surface area contributed by atoms with E-state index in [-0.39, 0.29) is 45.2 Å². The standard InChI is InChI=1S/C23H22Cl2F4N6OSi/c1-22(18-8-17(23(27,28)29)32-34(18)10-19(30)35(22,3)11-37)14-7-13(4-5-16(14)26)31-21(36)20-15(25)6-12(24)9-33(20)2/h4-8,11,19H,9-10,30H2,1-3H3/p+1. The number of aromatic nitrogens is 2. The number of rotatable bonds is 4. The zero-order chi connectivity index (χ0) is 27.5. The molecule has 3 atom stereocenters. The van der Waals surface area contributed by atoms with Crippen LogP contribution >= 0.6 is 23.2 Å². The van der Waals surface area contributed by atoms with Gasteiger partial charge in [-0.25, -0.2) is 4.39 Å². The first-order valence-electron chi connectivity index (χ1n) is 11.0. The van der Waals surface area contributed by atoms with Crippen molar-refractivity contribution in [2.24, 2.45) is 5.73 Å². The van der Waals surface area contributed by atoms with Crippen molar-refractivity contribution in [3.8, 4) is 0 Å². The summed E-state index contributed by atoms with van der Waals surface area (Å²) in [5.74, 6) is 0.261. The molecule has 0 saturated heterocycles. The first kappa shape index (κ1) is 27.5. The molecule has 0 bridgehead atoms. The monoisotopic (exact) mass is 573 g/mol. The zero-order valence-corrected chi connectivity index (χ0v) is 22.5. The van der Waals surface area contributed by atoms with Crippen molar-refractivity contribution >= 4 is 50.4 Å². The van der Waals surface area contributed by atoms with Gasteiger partial charge in [0.25, 0.3) is 5.91 Å². The van der Waals surface area contributed by atoms with Crippen molar-refractivity contribution in [2.45, 2.75) is 31.3 Å². The highest BCUT2D eigenvalue weighted by atomic mass is 35.5. The van der Waals surface area contributed by atoms with Gasteiger partial charge in [-0.2, -0.15) is 18.3 Å². The second-order valence-electron chi connectivity index (χ2n) is 9.30. The van der Waals surface area contributed by atoms with Gasteiger partial charge in [-0.3, -0.25) is 19.7 Å². The Bertz CT molecular complexity index is 1360. The van der Waals surface area contributed by atoms with Crippen LogP contribution in [0.15, 0.2) is 46.1 Å². The van der Waals surface area contributed by atoms with Crippen molar-refractivity contribution < 1.29 is 26.8 Å². The van der Waals surface area contributed by atoms with Crippen LogP contribution in [0.1, 0.15) is 23.9 Å². The highest BCUT2D eigenvalue weighted by molar-refractivity contribution is 6.37. The van der Waals surface area contributed by atoms with Gasteiger partial charge in [-0.05, 0) is 30.3 Å². The maximum Gasteiger partial charge on any atom is 0.435 e. The number of allylic oxidation sites excluding steroid dienone is 2. The molecule has 7 nitrogen and oxygen atoms in total. The van der Waals surface area contributed by atoms with E-state index in [1.807, 2.05) is 0 Å². The number of hydrogen-bond donors (Lipinski definition) is 2. The van der Waals surface area contributed by atoms with Gasteiger partial charge in [-0.1, -0.05) is 23.2 Å². The third-order valence-electron chi connectivity index (χ3n) is 7.09. The summed E-state index contributed by atoms with van der Waals surface area (Å²) < 4.78 is 57.2. The summed E-state index contributed by atoms with van der Waals surface area (Å²) in [5.41, 5.74) is 4.30. The summed E-state index contributed by atoms with van der Waals surface area (Å²) in [6, 6.07) is 4.77. The van der Waals surface area contributed by atoms with Crippen molar-refractivity contribution in [1.29, 1.82) is 0 Å². The fourth-order valence-electron chi connectivity index (χ4n) is 4.82. The lowest BCUT2D eigenvalue weighted by Crippen LogP contribution is -2.70. The van der Waals surface area contributed by atoms with Gasteiger partial charge >= 0.3 is 6.18 Å². The van der Waals surface area contributed by atoms with Crippen LogP contribution in [0, 0.1) is 5.82 Å². The third-order valence-corrected chi connectivity index (χ3v) is 8.15. The van der Waals surface area contributed by atoms with Gasteiger partial charge in [0.2, 0.25) is 0 Å². The molecule has 0 aliphatic carbocycles. The molecule has 2 radical (unpaired) electrons. The summed E-state index contributed by atoms with van der Waals surface area (Å²) in [6.45, 7) is 1.82. The van der Waals surface area contributed by atoms with Crippen LogP contribution < -0.4 is 11.1 Å². The molecule has 0 fully saturated rings. The predicted molar refractivity (Wildman–Crippen MR) is 134 cm³/mol.